The Kier molecular flexibility index (Phi) is 3.64. The lowest BCUT2D eigenvalue weighted by Crippen LogP contribution is -2.68. The number of methoxy groups -OCH3 is 1. The highest BCUT2D eigenvalue weighted by Crippen LogP contribution is 2.35. The number of ether oxygens (including phenoxy) is 1. The summed E-state index contributed by atoms with van der Waals surface area (Å²) in [6.45, 7) is 0.248. The van der Waals surface area contributed by atoms with E-state index < -0.39 is 34.3 Å². The molecular formula is C11H14N4O7S. The van der Waals surface area contributed by atoms with Crippen molar-refractivity contribution < 1.29 is 31.8 Å². The molecule has 0 spiro atoms. The van der Waals surface area contributed by atoms with Gasteiger partial charge in [-0.2, -0.15) is 8.42 Å². The van der Waals surface area contributed by atoms with Crippen molar-refractivity contribution in [2.75, 3.05) is 13.7 Å². The fourth-order valence-electron chi connectivity index (χ4n) is 2.78. The standard InChI is InChI=1S/C11H14N4O7S/c1-21-8-4-6(22-13-8)5-12-11(17)14-3-2-7-9(14)10(16)15(7)23(18,19)20/h4,7,9H,2-3,5H2,1H3,(H,12,17)(H,18,19,20)/t7-,9+/m1/s1. The Morgan fingerprint density at radius 3 is 2.96 bits per heavy atom. The summed E-state index contributed by atoms with van der Waals surface area (Å²) in [4.78, 5) is 25.2. The molecule has 12 heteroatoms. The van der Waals surface area contributed by atoms with E-state index in [4.69, 9.17) is 13.8 Å². The van der Waals surface area contributed by atoms with Crippen LogP contribution in [-0.4, -0.2) is 65.0 Å². The number of carbonyl (C=O) groups is 2. The molecule has 2 fully saturated rings. The van der Waals surface area contributed by atoms with Gasteiger partial charge in [-0.1, -0.05) is 0 Å². The summed E-state index contributed by atoms with van der Waals surface area (Å²) in [5.74, 6) is -0.176. The molecule has 0 saturated carbocycles. The van der Waals surface area contributed by atoms with E-state index in [0.29, 0.717) is 10.1 Å². The first-order chi connectivity index (χ1) is 10.8. The molecule has 0 aliphatic carbocycles. The summed E-state index contributed by atoms with van der Waals surface area (Å²) in [6.07, 6.45) is 0.278. The maximum absolute atomic E-state index is 12.1. The monoisotopic (exact) mass is 346 g/mol. The maximum atomic E-state index is 12.1. The number of urea groups is 1. The summed E-state index contributed by atoms with van der Waals surface area (Å²) in [5.41, 5.74) is 0. The third-order valence-corrected chi connectivity index (χ3v) is 4.76. The zero-order chi connectivity index (χ0) is 16.8. The van der Waals surface area contributed by atoms with E-state index in [-0.39, 0.29) is 25.4 Å². The Hall–Kier alpha value is -2.34. The van der Waals surface area contributed by atoms with Crippen molar-refractivity contribution in [1.82, 2.24) is 19.7 Å². The van der Waals surface area contributed by atoms with E-state index in [2.05, 4.69) is 10.5 Å². The molecule has 2 saturated heterocycles. The molecule has 23 heavy (non-hydrogen) atoms. The lowest BCUT2D eigenvalue weighted by Gasteiger charge is -2.42. The Morgan fingerprint density at radius 2 is 2.35 bits per heavy atom. The smallest absolute Gasteiger partial charge is 0.362 e. The quantitative estimate of drug-likeness (QED) is 0.521. The van der Waals surface area contributed by atoms with Gasteiger partial charge in [0.15, 0.2) is 5.76 Å². The van der Waals surface area contributed by atoms with E-state index in [1.54, 1.807) is 0 Å². The predicted octanol–water partition coefficient (Wildman–Crippen LogP) is -1.02. The number of fused-ring (bicyclic) bond motifs is 1. The second kappa shape index (κ2) is 5.38. The molecule has 3 heterocycles. The van der Waals surface area contributed by atoms with E-state index in [1.807, 2.05) is 0 Å². The van der Waals surface area contributed by atoms with Gasteiger partial charge in [0.1, 0.15) is 6.04 Å². The number of amides is 3. The molecule has 1 aromatic rings. The van der Waals surface area contributed by atoms with Crippen LogP contribution in [0.3, 0.4) is 0 Å². The van der Waals surface area contributed by atoms with Crippen LogP contribution in [0, 0.1) is 0 Å². The largest absolute Gasteiger partial charge is 0.479 e. The van der Waals surface area contributed by atoms with Crippen molar-refractivity contribution >= 4 is 22.2 Å². The highest BCUT2D eigenvalue weighted by molar-refractivity contribution is 7.84. The molecule has 2 atom stereocenters. The van der Waals surface area contributed by atoms with Gasteiger partial charge in [-0.3, -0.25) is 9.35 Å². The van der Waals surface area contributed by atoms with Gasteiger partial charge in [0.25, 0.3) is 11.8 Å². The van der Waals surface area contributed by atoms with Crippen molar-refractivity contribution in [2.45, 2.75) is 25.0 Å². The number of nitrogens with one attached hydrogen (secondary N) is 1. The van der Waals surface area contributed by atoms with E-state index in [1.165, 1.54) is 18.1 Å². The van der Waals surface area contributed by atoms with E-state index >= 15 is 0 Å². The minimum absolute atomic E-state index is 0.0410. The van der Waals surface area contributed by atoms with Crippen molar-refractivity contribution in [1.29, 1.82) is 0 Å². The van der Waals surface area contributed by atoms with Crippen LogP contribution in [-0.2, 0) is 21.6 Å². The van der Waals surface area contributed by atoms with Crippen LogP contribution in [0.2, 0.25) is 0 Å². The number of nitrogens with zero attached hydrogens (tertiary/aromatic N) is 3. The molecule has 0 bridgehead atoms. The lowest BCUT2D eigenvalue weighted by atomic mass is 10.0. The van der Waals surface area contributed by atoms with Crippen LogP contribution in [0.5, 0.6) is 5.88 Å². The Labute approximate surface area is 131 Å². The molecule has 2 aliphatic heterocycles. The van der Waals surface area contributed by atoms with Gasteiger partial charge in [-0.15, -0.1) is 0 Å². The average Bonchev–Trinajstić information content (AvgIpc) is 3.07. The van der Waals surface area contributed by atoms with Crippen LogP contribution in [0.1, 0.15) is 12.2 Å². The van der Waals surface area contributed by atoms with Gasteiger partial charge in [-0.25, -0.2) is 9.10 Å². The summed E-state index contributed by atoms with van der Waals surface area (Å²) in [7, 11) is -3.16. The normalized spacial score (nSPS) is 23.5. The van der Waals surface area contributed by atoms with E-state index in [9.17, 15) is 18.0 Å². The van der Waals surface area contributed by atoms with Crippen LogP contribution < -0.4 is 10.1 Å². The van der Waals surface area contributed by atoms with Gasteiger partial charge < -0.3 is 19.5 Å². The molecule has 3 rings (SSSR count). The maximum Gasteiger partial charge on any atom is 0.362 e. The zero-order valence-corrected chi connectivity index (χ0v) is 12.8. The zero-order valence-electron chi connectivity index (χ0n) is 12.0. The first kappa shape index (κ1) is 15.6. The number of rotatable bonds is 4. The van der Waals surface area contributed by atoms with Crippen LogP contribution in [0.4, 0.5) is 4.79 Å². The molecule has 126 valence electrons. The number of aromatic nitrogens is 1. The molecular weight excluding hydrogens is 332 g/mol. The second-order valence-electron chi connectivity index (χ2n) is 5.10. The second-order valence-corrected chi connectivity index (χ2v) is 6.39. The van der Waals surface area contributed by atoms with Crippen LogP contribution in [0.15, 0.2) is 10.6 Å². The SMILES string of the molecule is COc1cc(CNC(=O)N2CC[C@@H]3[C@H]2C(=O)N3S(=O)(=O)O)on1. The van der Waals surface area contributed by atoms with Gasteiger partial charge in [0.05, 0.1) is 19.7 Å². The predicted molar refractivity (Wildman–Crippen MR) is 72.6 cm³/mol. The van der Waals surface area contributed by atoms with Crippen molar-refractivity contribution in [3.8, 4) is 5.88 Å². The molecule has 1 aromatic heterocycles. The number of carbonyl (C=O) groups excluding carboxylic acids is 2. The minimum atomic E-state index is -4.59. The summed E-state index contributed by atoms with van der Waals surface area (Å²) >= 11 is 0. The van der Waals surface area contributed by atoms with Gasteiger partial charge in [0, 0.05) is 12.6 Å². The summed E-state index contributed by atoms with van der Waals surface area (Å²) < 4.78 is 41.3. The molecule has 2 aliphatic rings. The van der Waals surface area contributed by atoms with Crippen molar-refractivity contribution in [2.24, 2.45) is 0 Å². The number of hydrogen-bond acceptors (Lipinski definition) is 7. The summed E-state index contributed by atoms with van der Waals surface area (Å²) in [5, 5.41) is 6.13. The highest BCUT2D eigenvalue weighted by Gasteiger charge is 2.59. The molecule has 0 unspecified atom stereocenters. The van der Waals surface area contributed by atoms with Crippen LogP contribution in [0.25, 0.3) is 0 Å². The third-order valence-electron chi connectivity index (χ3n) is 3.81. The Bertz CT molecular complexity index is 745. The first-order valence-corrected chi connectivity index (χ1v) is 8.07. The number of hydrogen-bond donors (Lipinski definition) is 2. The van der Waals surface area contributed by atoms with E-state index in [0.717, 1.165) is 0 Å². The number of β-lactam (4-membered cyclic amide) rings is 1. The minimum Gasteiger partial charge on any atom is -0.479 e. The third kappa shape index (κ3) is 2.59. The lowest BCUT2D eigenvalue weighted by molar-refractivity contribution is -0.143. The Balaban J connectivity index is 1.60. The molecule has 0 aromatic carbocycles. The number of likely N-dealkylation sites (tertiary alicyclic amines) is 1. The Morgan fingerprint density at radius 1 is 1.61 bits per heavy atom. The van der Waals surface area contributed by atoms with Crippen LogP contribution >= 0.6 is 0 Å². The van der Waals surface area contributed by atoms with Gasteiger partial charge >= 0.3 is 16.3 Å². The topological polar surface area (TPSA) is 142 Å². The summed E-state index contributed by atoms with van der Waals surface area (Å²) in [6, 6.07) is -0.618. The highest BCUT2D eigenvalue weighted by atomic mass is 32.2. The fourth-order valence-corrected chi connectivity index (χ4v) is 3.68. The van der Waals surface area contributed by atoms with Gasteiger partial charge in [0.2, 0.25) is 0 Å². The average molecular weight is 346 g/mol. The fraction of sp³-hybridized carbons (Fsp3) is 0.545. The van der Waals surface area contributed by atoms with Crippen molar-refractivity contribution in [3.63, 3.8) is 0 Å². The molecule has 11 nitrogen and oxygen atoms in total. The van der Waals surface area contributed by atoms with Crippen molar-refractivity contribution in [3.05, 3.63) is 11.8 Å². The first-order valence-electron chi connectivity index (χ1n) is 6.67. The molecule has 2 N–H and O–H groups in total. The molecule has 0 radical (unpaired) electrons. The molecule has 3 amide bonds. The van der Waals surface area contributed by atoms with Gasteiger partial charge in [-0.05, 0) is 11.6 Å².